The van der Waals surface area contributed by atoms with Crippen LogP contribution in [0.3, 0.4) is 0 Å². The zero-order chi connectivity index (χ0) is 23.1. The van der Waals surface area contributed by atoms with Crippen LogP contribution >= 0.6 is 0 Å². The molecule has 1 aromatic heterocycles. The van der Waals surface area contributed by atoms with E-state index < -0.39 is 23.1 Å². The average Bonchev–Trinajstić information content (AvgIpc) is 3.17. The quantitative estimate of drug-likeness (QED) is 0.234. The molecule has 0 saturated heterocycles. The second-order valence-electron chi connectivity index (χ2n) is 8.39. The predicted molar refractivity (Wildman–Crippen MR) is 118 cm³/mol. The fourth-order valence-corrected chi connectivity index (χ4v) is 4.23. The largest absolute Gasteiger partial charge is 0.412 e. The molecule has 164 valence electrons. The Labute approximate surface area is 183 Å². The van der Waals surface area contributed by atoms with Crippen molar-refractivity contribution in [2.24, 2.45) is 5.41 Å². The molecule has 1 heterocycles. The van der Waals surface area contributed by atoms with Gasteiger partial charge in [0.05, 0.1) is 17.4 Å². The minimum atomic E-state index is -4.51. The Morgan fingerprint density at radius 3 is 2.19 bits per heavy atom. The highest BCUT2D eigenvalue weighted by Crippen LogP contribution is 2.50. The number of allylic oxidation sites excluding steroid dienone is 1. The Balaban J connectivity index is 1.84. The molecule has 0 N–H and O–H groups in total. The Kier molecular flexibility index (Phi) is 5.41. The van der Waals surface area contributed by atoms with Crippen LogP contribution in [0.5, 0.6) is 0 Å². The van der Waals surface area contributed by atoms with E-state index in [2.05, 4.69) is 11.7 Å². The molecule has 1 atom stereocenters. The lowest BCUT2D eigenvalue weighted by molar-refractivity contribution is -0.105. The summed E-state index contributed by atoms with van der Waals surface area (Å²) >= 11 is 0. The smallest absolute Gasteiger partial charge is 0.233 e. The predicted octanol–water partition coefficient (Wildman–Crippen LogP) is 7.44. The van der Waals surface area contributed by atoms with Crippen LogP contribution < -0.4 is 0 Å². The molecule has 0 aliphatic rings. The fourth-order valence-electron chi connectivity index (χ4n) is 4.23. The van der Waals surface area contributed by atoms with Crippen molar-refractivity contribution < 1.29 is 17.6 Å². The van der Waals surface area contributed by atoms with E-state index in [1.807, 2.05) is 48.5 Å². The number of fused-ring (bicyclic) bond motifs is 1. The highest BCUT2D eigenvalue weighted by molar-refractivity contribution is 5.81. The third-order valence-corrected chi connectivity index (χ3v) is 5.97. The third-order valence-electron chi connectivity index (χ3n) is 5.97. The van der Waals surface area contributed by atoms with Crippen LogP contribution in [-0.4, -0.2) is 16.0 Å². The van der Waals surface area contributed by atoms with Gasteiger partial charge in [0.2, 0.25) is 0 Å². The van der Waals surface area contributed by atoms with Crippen LogP contribution in [0.4, 0.5) is 17.6 Å². The molecule has 0 fully saturated rings. The first-order valence-corrected chi connectivity index (χ1v) is 10.1. The molecule has 32 heavy (non-hydrogen) atoms. The third kappa shape index (κ3) is 3.93. The first kappa shape index (κ1) is 21.8. The lowest BCUT2D eigenvalue weighted by atomic mass is 9.67. The van der Waals surface area contributed by atoms with Crippen LogP contribution in [0, 0.1) is 11.2 Å². The molecule has 6 heteroatoms. The Bertz CT molecular complexity index is 1250. The summed E-state index contributed by atoms with van der Waals surface area (Å²) in [5, 5.41) is 5.18. The monoisotopic (exact) mass is 438 g/mol. The van der Waals surface area contributed by atoms with E-state index in [9.17, 15) is 17.6 Å². The van der Waals surface area contributed by atoms with E-state index in [0.717, 1.165) is 22.0 Å². The van der Waals surface area contributed by atoms with Crippen molar-refractivity contribution in [1.29, 1.82) is 0 Å². The molecule has 0 spiro atoms. The summed E-state index contributed by atoms with van der Waals surface area (Å²) in [6.45, 7) is 6.56. The van der Waals surface area contributed by atoms with Gasteiger partial charge in [-0.2, -0.15) is 18.3 Å². The zero-order valence-corrected chi connectivity index (χ0v) is 17.7. The van der Waals surface area contributed by atoms with E-state index in [4.69, 9.17) is 0 Å². The highest BCUT2D eigenvalue weighted by atomic mass is 19.4. The van der Waals surface area contributed by atoms with Crippen LogP contribution in [0.25, 0.3) is 16.6 Å². The number of hydrogen-bond donors (Lipinski definition) is 0. The van der Waals surface area contributed by atoms with Gasteiger partial charge in [-0.15, -0.1) is 0 Å². The van der Waals surface area contributed by atoms with Gasteiger partial charge >= 0.3 is 6.18 Å². The Morgan fingerprint density at radius 1 is 0.906 bits per heavy atom. The summed E-state index contributed by atoms with van der Waals surface area (Å²) in [5.41, 5.74) is 0.909. The maximum atomic E-state index is 13.7. The van der Waals surface area contributed by atoms with Crippen LogP contribution in [0.2, 0.25) is 0 Å². The topological polar surface area (TPSA) is 17.8 Å². The molecule has 0 aliphatic carbocycles. The van der Waals surface area contributed by atoms with Crippen LogP contribution in [0.15, 0.2) is 91.1 Å². The lowest BCUT2D eigenvalue weighted by Gasteiger charge is -2.37. The second-order valence-corrected chi connectivity index (χ2v) is 8.39. The van der Waals surface area contributed by atoms with Crippen molar-refractivity contribution in [2.75, 3.05) is 0 Å². The van der Waals surface area contributed by atoms with E-state index in [1.54, 1.807) is 36.9 Å². The zero-order valence-electron chi connectivity index (χ0n) is 17.7. The van der Waals surface area contributed by atoms with Crippen LogP contribution in [-0.2, 0) is 0 Å². The first-order valence-electron chi connectivity index (χ1n) is 10.1. The van der Waals surface area contributed by atoms with E-state index in [0.29, 0.717) is 5.69 Å². The molecule has 4 aromatic rings. The molecule has 0 radical (unpaired) electrons. The van der Waals surface area contributed by atoms with Gasteiger partial charge in [0, 0.05) is 22.3 Å². The SMILES string of the molecule is C=C(C(F)(F)F)C(C)(C)C(c1ccccc1)c1ccc2c(cnn2-c2ccc(F)cc2)c1. The molecule has 0 amide bonds. The normalized spacial score (nSPS) is 13.3. The van der Waals surface area contributed by atoms with Gasteiger partial charge in [0.15, 0.2) is 0 Å². The molecular weight excluding hydrogens is 416 g/mol. The molecule has 0 aliphatic heterocycles. The highest BCUT2D eigenvalue weighted by Gasteiger charge is 2.46. The minimum Gasteiger partial charge on any atom is -0.233 e. The van der Waals surface area contributed by atoms with Crippen molar-refractivity contribution in [1.82, 2.24) is 9.78 Å². The summed E-state index contributed by atoms with van der Waals surface area (Å²) in [7, 11) is 0. The molecule has 0 bridgehead atoms. The van der Waals surface area contributed by atoms with Gasteiger partial charge in [-0.1, -0.05) is 56.8 Å². The van der Waals surface area contributed by atoms with Crippen LogP contribution in [0.1, 0.15) is 30.9 Å². The number of halogens is 4. The maximum absolute atomic E-state index is 13.7. The lowest BCUT2D eigenvalue weighted by Crippen LogP contribution is -2.32. The molecule has 4 rings (SSSR count). The number of benzene rings is 3. The Morgan fingerprint density at radius 2 is 1.56 bits per heavy atom. The average molecular weight is 438 g/mol. The van der Waals surface area contributed by atoms with Crippen molar-refractivity contribution in [3.8, 4) is 5.69 Å². The standard InChI is InChI=1S/C26H22F4N2/c1-17(26(28,29)30)25(2,3)24(18-7-5-4-6-8-18)19-9-14-23-20(15-19)16-31-32(23)22-12-10-21(27)11-13-22/h4-16,24H,1H2,2-3H3. The molecular formula is C26H22F4N2. The molecule has 0 saturated carbocycles. The fraction of sp³-hybridized carbons (Fsp3) is 0.192. The van der Waals surface area contributed by atoms with Crippen molar-refractivity contribution in [3.63, 3.8) is 0 Å². The van der Waals surface area contributed by atoms with Gasteiger partial charge < -0.3 is 0 Å². The van der Waals surface area contributed by atoms with E-state index >= 15 is 0 Å². The maximum Gasteiger partial charge on any atom is 0.412 e. The molecule has 3 aromatic carbocycles. The summed E-state index contributed by atoms with van der Waals surface area (Å²) in [6.07, 6.45) is -2.84. The summed E-state index contributed by atoms with van der Waals surface area (Å²) < 4.78 is 56.0. The van der Waals surface area contributed by atoms with Crippen molar-refractivity contribution in [3.05, 3.63) is 108 Å². The Hall–Kier alpha value is -3.41. The van der Waals surface area contributed by atoms with Crippen molar-refractivity contribution in [2.45, 2.75) is 25.9 Å². The summed E-state index contributed by atoms with van der Waals surface area (Å²) in [6, 6.07) is 20.6. The minimum absolute atomic E-state index is 0.342. The number of alkyl halides is 3. The van der Waals surface area contributed by atoms with Gasteiger partial charge in [-0.05, 0) is 47.5 Å². The van der Waals surface area contributed by atoms with E-state index in [-0.39, 0.29) is 5.82 Å². The molecule has 2 nitrogen and oxygen atoms in total. The summed E-state index contributed by atoms with van der Waals surface area (Å²) in [4.78, 5) is 0. The van der Waals surface area contributed by atoms with Gasteiger partial charge in [0.25, 0.3) is 0 Å². The number of hydrogen-bond acceptors (Lipinski definition) is 1. The number of nitrogens with zero attached hydrogens (tertiary/aromatic N) is 2. The van der Waals surface area contributed by atoms with Crippen molar-refractivity contribution >= 4 is 10.9 Å². The number of rotatable bonds is 5. The van der Waals surface area contributed by atoms with Gasteiger partial charge in [0.1, 0.15) is 5.82 Å². The number of aromatic nitrogens is 2. The van der Waals surface area contributed by atoms with E-state index in [1.165, 1.54) is 12.1 Å². The van der Waals surface area contributed by atoms with Gasteiger partial charge in [-0.25, -0.2) is 9.07 Å². The first-order chi connectivity index (χ1) is 15.1. The van der Waals surface area contributed by atoms with Gasteiger partial charge in [-0.3, -0.25) is 0 Å². The summed E-state index contributed by atoms with van der Waals surface area (Å²) in [5.74, 6) is -0.915. The molecule has 1 unspecified atom stereocenters. The second kappa shape index (κ2) is 7.93.